The highest BCUT2D eigenvalue weighted by molar-refractivity contribution is 5.90. The molecule has 3 amide bonds. The van der Waals surface area contributed by atoms with Gasteiger partial charge in [0.2, 0.25) is 5.91 Å². The average Bonchev–Trinajstić information content (AvgIpc) is 3.08. The first-order valence-corrected chi connectivity index (χ1v) is 5.99. The molecule has 2 rings (SSSR count). The second kappa shape index (κ2) is 4.47. The first kappa shape index (κ1) is 12.7. The monoisotopic (exact) mass is 255 g/mol. The summed E-state index contributed by atoms with van der Waals surface area (Å²) in [5.41, 5.74) is -1.10. The Morgan fingerprint density at radius 1 is 1.33 bits per heavy atom. The summed E-state index contributed by atoms with van der Waals surface area (Å²) < 4.78 is 0. The van der Waals surface area contributed by atoms with E-state index in [0.29, 0.717) is 32.4 Å². The van der Waals surface area contributed by atoms with Crippen molar-refractivity contribution in [2.45, 2.75) is 24.8 Å². The van der Waals surface area contributed by atoms with Crippen molar-refractivity contribution in [1.82, 2.24) is 15.1 Å². The minimum Gasteiger partial charge on any atom is -0.480 e. The van der Waals surface area contributed by atoms with Crippen molar-refractivity contribution in [2.75, 3.05) is 26.7 Å². The van der Waals surface area contributed by atoms with Crippen molar-refractivity contribution in [3.8, 4) is 0 Å². The number of aliphatic carboxylic acids is 1. The lowest BCUT2D eigenvalue weighted by Gasteiger charge is -2.22. The van der Waals surface area contributed by atoms with Gasteiger partial charge in [-0.25, -0.2) is 9.59 Å². The van der Waals surface area contributed by atoms with Gasteiger partial charge in [-0.2, -0.15) is 0 Å². The molecule has 0 atom stereocenters. The number of nitrogens with one attached hydrogen (secondary N) is 1. The van der Waals surface area contributed by atoms with Gasteiger partial charge in [-0.3, -0.25) is 4.79 Å². The molecule has 1 saturated carbocycles. The molecule has 2 fully saturated rings. The van der Waals surface area contributed by atoms with Crippen LogP contribution in [0.1, 0.15) is 19.3 Å². The van der Waals surface area contributed by atoms with Crippen LogP contribution >= 0.6 is 0 Å². The third kappa shape index (κ3) is 2.39. The summed E-state index contributed by atoms with van der Waals surface area (Å²) in [5.74, 6) is -1.13. The Hall–Kier alpha value is -1.79. The summed E-state index contributed by atoms with van der Waals surface area (Å²) in [6, 6.07) is -0.460. The number of amides is 3. The molecule has 7 heteroatoms. The number of carbonyl (C=O) groups is 3. The van der Waals surface area contributed by atoms with E-state index < -0.39 is 17.5 Å². The second-order valence-electron chi connectivity index (χ2n) is 4.91. The number of carboxylic acid groups (broad SMARTS) is 1. The third-order valence-electron chi connectivity index (χ3n) is 3.47. The van der Waals surface area contributed by atoms with Crippen LogP contribution in [0.4, 0.5) is 4.79 Å². The number of hydrogen-bond donors (Lipinski definition) is 2. The number of carboxylic acids is 1. The second-order valence-corrected chi connectivity index (χ2v) is 4.91. The van der Waals surface area contributed by atoms with E-state index in [0.717, 1.165) is 0 Å². The normalized spacial score (nSPS) is 22.4. The molecule has 7 nitrogen and oxygen atoms in total. The standard InChI is InChI=1S/C11H17N3O4/c1-13-5-2-6-14(7-8(13)15)10(18)12-11(3-4-11)9(16)17/h2-7H2,1H3,(H,12,18)(H,16,17). The minimum atomic E-state index is -1.10. The van der Waals surface area contributed by atoms with Crippen molar-refractivity contribution in [1.29, 1.82) is 0 Å². The topological polar surface area (TPSA) is 89.9 Å². The van der Waals surface area contributed by atoms with Crippen molar-refractivity contribution >= 4 is 17.9 Å². The van der Waals surface area contributed by atoms with Crippen LogP contribution in [-0.4, -0.2) is 65.0 Å². The molecule has 1 heterocycles. The van der Waals surface area contributed by atoms with Gasteiger partial charge in [-0.1, -0.05) is 0 Å². The number of nitrogens with zero attached hydrogens (tertiary/aromatic N) is 2. The molecule has 0 bridgehead atoms. The fraction of sp³-hybridized carbons (Fsp3) is 0.727. The lowest BCUT2D eigenvalue weighted by molar-refractivity contribution is -0.140. The van der Waals surface area contributed by atoms with Crippen LogP contribution < -0.4 is 5.32 Å². The van der Waals surface area contributed by atoms with Crippen molar-refractivity contribution in [2.24, 2.45) is 0 Å². The molecule has 0 aromatic rings. The van der Waals surface area contributed by atoms with Crippen LogP contribution in [0.2, 0.25) is 0 Å². The fourth-order valence-corrected chi connectivity index (χ4v) is 1.96. The van der Waals surface area contributed by atoms with E-state index >= 15 is 0 Å². The first-order chi connectivity index (χ1) is 8.44. The maximum atomic E-state index is 11.9. The lowest BCUT2D eigenvalue weighted by atomic mass is 10.3. The maximum absolute atomic E-state index is 11.9. The Morgan fingerprint density at radius 2 is 2.00 bits per heavy atom. The lowest BCUT2D eigenvalue weighted by Crippen LogP contribution is -2.51. The van der Waals surface area contributed by atoms with Crippen LogP contribution in [0.25, 0.3) is 0 Å². The quantitative estimate of drug-likeness (QED) is 0.694. The van der Waals surface area contributed by atoms with E-state index in [9.17, 15) is 14.4 Å². The highest BCUT2D eigenvalue weighted by Gasteiger charge is 2.52. The third-order valence-corrected chi connectivity index (χ3v) is 3.47. The van der Waals surface area contributed by atoms with Crippen LogP contribution in [0.5, 0.6) is 0 Å². The van der Waals surface area contributed by atoms with E-state index in [2.05, 4.69) is 5.32 Å². The van der Waals surface area contributed by atoms with Gasteiger partial charge in [0.05, 0.1) is 0 Å². The van der Waals surface area contributed by atoms with Crippen LogP contribution in [-0.2, 0) is 9.59 Å². The molecule has 0 radical (unpaired) electrons. The van der Waals surface area contributed by atoms with Crippen LogP contribution in [0.3, 0.4) is 0 Å². The molecule has 100 valence electrons. The van der Waals surface area contributed by atoms with Crippen molar-refractivity contribution in [3.05, 3.63) is 0 Å². The molecule has 1 saturated heterocycles. The van der Waals surface area contributed by atoms with E-state index in [-0.39, 0.29) is 12.5 Å². The summed E-state index contributed by atoms with van der Waals surface area (Å²) in [5, 5.41) is 11.5. The molecular weight excluding hydrogens is 238 g/mol. The van der Waals surface area contributed by atoms with Gasteiger partial charge < -0.3 is 20.2 Å². The Morgan fingerprint density at radius 3 is 2.56 bits per heavy atom. The Labute approximate surface area is 105 Å². The Kier molecular flexibility index (Phi) is 3.14. The van der Waals surface area contributed by atoms with E-state index in [4.69, 9.17) is 5.11 Å². The van der Waals surface area contributed by atoms with Crippen molar-refractivity contribution in [3.63, 3.8) is 0 Å². The molecule has 18 heavy (non-hydrogen) atoms. The minimum absolute atomic E-state index is 0.0119. The van der Waals surface area contributed by atoms with Gasteiger partial charge in [0.25, 0.3) is 0 Å². The molecule has 2 aliphatic rings. The Balaban J connectivity index is 1.97. The van der Waals surface area contributed by atoms with Gasteiger partial charge in [-0.15, -0.1) is 0 Å². The molecule has 1 aliphatic heterocycles. The first-order valence-electron chi connectivity index (χ1n) is 5.99. The summed E-state index contributed by atoms with van der Waals surface area (Å²) in [6.45, 7) is 1.10. The van der Waals surface area contributed by atoms with Gasteiger partial charge in [0, 0.05) is 20.1 Å². The van der Waals surface area contributed by atoms with Crippen LogP contribution in [0.15, 0.2) is 0 Å². The molecule has 0 aromatic carbocycles. The number of rotatable bonds is 2. The van der Waals surface area contributed by atoms with Crippen molar-refractivity contribution < 1.29 is 19.5 Å². The molecule has 1 aliphatic carbocycles. The summed E-state index contributed by atoms with van der Waals surface area (Å²) in [7, 11) is 1.70. The van der Waals surface area contributed by atoms with Crippen LogP contribution in [0, 0.1) is 0 Å². The zero-order chi connectivity index (χ0) is 13.3. The zero-order valence-electron chi connectivity index (χ0n) is 10.3. The van der Waals surface area contributed by atoms with Gasteiger partial charge >= 0.3 is 12.0 Å². The van der Waals surface area contributed by atoms with E-state index in [1.54, 1.807) is 11.9 Å². The summed E-state index contributed by atoms with van der Waals surface area (Å²) >= 11 is 0. The largest absolute Gasteiger partial charge is 0.480 e. The smallest absolute Gasteiger partial charge is 0.329 e. The number of urea groups is 1. The fourth-order valence-electron chi connectivity index (χ4n) is 1.96. The predicted molar refractivity (Wildman–Crippen MR) is 62.0 cm³/mol. The highest BCUT2D eigenvalue weighted by atomic mass is 16.4. The molecule has 2 N–H and O–H groups in total. The predicted octanol–water partition coefficient (Wildman–Crippen LogP) is -0.523. The highest BCUT2D eigenvalue weighted by Crippen LogP contribution is 2.35. The molecule has 0 aromatic heterocycles. The molecule has 0 unspecified atom stereocenters. The van der Waals surface area contributed by atoms with Gasteiger partial charge in [-0.05, 0) is 19.3 Å². The van der Waals surface area contributed by atoms with Gasteiger partial charge in [0.1, 0.15) is 12.1 Å². The maximum Gasteiger partial charge on any atom is 0.329 e. The SMILES string of the molecule is CN1CCCN(C(=O)NC2(C(=O)O)CC2)CC1=O. The Bertz CT molecular complexity index is 392. The number of likely N-dealkylation sites (N-methyl/N-ethyl adjacent to an activating group) is 1. The average molecular weight is 255 g/mol. The van der Waals surface area contributed by atoms with E-state index in [1.165, 1.54) is 4.90 Å². The van der Waals surface area contributed by atoms with Gasteiger partial charge in [0.15, 0.2) is 0 Å². The number of hydrogen-bond acceptors (Lipinski definition) is 3. The zero-order valence-corrected chi connectivity index (χ0v) is 10.3. The molecular formula is C11H17N3O4. The number of carbonyl (C=O) groups excluding carboxylic acids is 2. The van der Waals surface area contributed by atoms with E-state index in [1.807, 2.05) is 0 Å². The summed E-state index contributed by atoms with van der Waals surface area (Å²) in [4.78, 5) is 37.5. The summed E-state index contributed by atoms with van der Waals surface area (Å²) in [6.07, 6.45) is 1.61. The molecule has 0 spiro atoms.